The highest BCUT2D eigenvalue weighted by Crippen LogP contribution is 2.35. The summed E-state index contributed by atoms with van der Waals surface area (Å²) in [6.45, 7) is 0.933. The number of benzene rings is 4. The molecule has 6 aromatic rings. The normalized spacial score (nSPS) is 12.7. The van der Waals surface area contributed by atoms with Crippen LogP contribution in [-0.4, -0.2) is 24.0 Å². The maximum atomic E-state index is 12.6. The lowest BCUT2D eigenvalue weighted by molar-refractivity contribution is 0.151. The van der Waals surface area contributed by atoms with E-state index in [4.69, 9.17) is 15.2 Å². The zero-order valence-electron chi connectivity index (χ0n) is 23.1. The number of carbonyl (C=O) groups is 1. The first-order valence-electron chi connectivity index (χ1n) is 14.1. The molecule has 0 unspecified atom stereocenters. The highest BCUT2D eigenvalue weighted by Gasteiger charge is 2.22. The van der Waals surface area contributed by atoms with Crippen molar-refractivity contribution in [3.05, 3.63) is 130 Å². The summed E-state index contributed by atoms with van der Waals surface area (Å²) in [4.78, 5) is 16.6. The van der Waals surface area contributed by atoms with Crippen LogP contribution in [0.15, 0.2) is 120 Å². The quantitative estimate of drug-likeness (QED) is 0.154. The third-order valence-electron chi connectivity index (χ3n) is 7.39. The molecule has 2 heterocycles. The molecule has 0 fully saturated rings. The van der Waals surface area contributed by atoms with Gasteiger partial charge < -0.3 is 20.1 Å². The number of urea groups is 1. The van der Waals surface area contributed by atoms with Gasteiger partial charge in [-0.15, -0.1) is 22.7 Å². The van der Waals surface area contributed by atoms with Crippen LogP contribution in [0.1, 0.15) is 34.8 Å². The fraction of sp³-hybridized carbons (Fsp3) is 0.171. The van der Waals surface area contributed by atoms with Gasteiger partial charge in [0.1, 0.15) is 23.7 Å². The highest BCUT2D eigenvalue weighted by atomic mass is 32.1. The van der Waals surface area contributed by atoms with Crippen molar-refractivity contribution in [1.29, 1.82) is 0 Å². The average Bonchev–Trinajstić information content (AvgIpc) is 3.75. The van der Waals surface area contributed by atoms with E-state index < -0.39 is 6.03 Å². The summed E-state index contributed by atoms with van der Waals surface area (Å²) >= 11 is 3.31. The molecular weight excluding hydrogens is 561 g/mol. The number of amides is 2. The van der Waals surface area contributed by atoms with Crippen LogP contribution >= 0.6 is 22.7 Å². The fourth-order valence-electron chi connectivity index (χ4n) is 5.25. The van der Waals surface area contributed by atoms with Gasteiger partial charge in [0.15, 0.2) is 0 Å². The van der Waals surface area contributed by atoms with Gasteiger partial charge in [0, 0.05) is 46.5 Å². The molecule has 6 rings (SSSR count). The van der Waals surface area contributed by atoms with Crippen LogP contribution in [0, 0.1) is 0 Å². The maximum Gasteiger partial charge on any atom is 0.314 e. The van der Waals surface area contributed by atoms with Gasteiger partial charge in [-0.3, -0.25) is 0 Å². The van der Waals surface area contributed by atoms with Gasteiger partial charge >= 0.3 is 6.03 Å². The van der Waals surface area contributed by atoms with E-state index in [0.29, 0.717) is 25.9 Å². The third kappa shape index (κ3) is 6.43. The van der Waals surface area contributed by atoms with Gasteiger partial charge in [-0.2, -0.15) is 0 Å². The molecule has 0 aliphatic rings. The molecule has 2 amide bonds. The number of fused-ring (bicyclic) bond motifs is 2. The second-order valence-corrected chi connectivity index (χ2v) is 12.1. The van der Waals surface area contributed by atoms with E-state index in [9.17, 15) is 4.79 Å². The van der Waals surface area contributed by atoms with Crippen molar-refractivity contribution in [1.82, 2.24) is 4.90 Å². The minimum atomic E-state index is -0.444. The molecule has 0 aliphatic heterocycles. The maximum absolute atomic E-state index is 12.6. The minimum Gasteiger partial charge on any atom is -0.484 e. The zero-order valence-corrected chi connectivity index (χ0v) is 24.7. The molecular formula is C35H32N2O3S2. The topological polar surface area (TPSA) is 64.8 Å². The molecule has 2 aromatic heterocycles. The Morgan fingerprint density at radius 1 is 0.619 bits per heavy atom. The molecule has 2 atom stereocenters. The number of thiophene rings is 2. The van der Waals surface area contributed by atoms with Crippen molar-refractivity contribution in [3.63, 3.8) is 0 Å². The highest BCUT2D eigenvalue weighted by molar-refractivity contribution is 7.10. The van der Waals surface area contributed by atoms with Crippen molar-refractivity contribution in [3.8, 4) is 11.5 Å². The first-order valence-corrected chi connectivity index (χ1v) is 15.8. The van der Waals surface area contributed by atoms with Gasteiger partial charge in [-0.25, -0.2) is 4.79 Å². The van der Waals surface area contributed by atoms with Crippen molar-refractivity contribution < 1.29 is 14.3 Å². The number of hydrogen-bond donors (Lipinski definition) is 1. The molecule has 212 valence electrons. The third-order valence-corrected chi connectivity index (χ3v) is 9.32. The molecule has 7 heteroatoms. The summed E-state index contributed by atoms with van der Waals surface area (Å²) in [6, 6.07) is 36.4. The predicted octanol–water partition coefficient (Wildman–Crippen LogP) is 9.22. The van der Waals surface area contributed by atoms with Gasteiger partial charge in [-0.1, -0.05) is 84.9 Å². The number of carbonyl (C=O) groups excluding carboxylic acids is 1. The smallest absolute Gasteiger partial charge is 0.314 e. The minimum absolute atomic E-state index is 0.210. The van der Waals surface area contributed by atoms with Crippen molar-refractivity contribution in [2.24, 2.45) is 5.73 Å². The standard InChI is InChI=1S/C35H32N2O3S2/c36-35(38)37(21-19-31(33-17-7-23-41-33)39-29-15-5-11-25-9-1-3-13-27(25)29)22-20-32(34-18-8-24-42-34)40-30-16-6-12-26-10-2-4-14-28(26)30/h1-18,23-24,31-32H,19-22H2,(H2,36,38)/t31-,32+. The number of ether oxygens (including phenoxy) is 2. The Kier molecular flexibility index (Phi) is 8.68. The summed E-state index contributed by atoms with van der Waals surface area (Å²) in [6.07, 6.45) is 0.802. The second kappa shape index (κ2) is 13.1. The Bertz CT molecular complexity index is 1620. The molecule has 0 saturated heterocycles. The van der Waals surface area contributed by atoms with E-state index >= 15 is 0 Å². The Labute approximate surface area is 253 Å². The first kappa shape index (κ1) is 27.8. The Morgan fingerprint density at radius 3 is 1.50 bits per heavy atom. The van der Waals surface area contributed by atoms with E-state index in [1.807, 2.05) is 60.7 Å². The van der Waals surface area contributed by atoms with Gasteiger partial charge in [0.2, 0.25) is 0 Å². The molecule has 0 spiro atoms. The average molecular weight is 593 g/mol. The lowest BCUT2D eigenvalue weighted by Gasteiger charge is -2.27. The van der Waals surface area contributed by atoms with Gasteiger partial charge in [-0.05, 0) is 45.8 Å². The lowest BCUT2D eigenvalue weighted by atomic mass is 10.1. The van der Waals surface area contributed by atoms with Crippen LogP contribution in [0.25, 0.3) is 21.5 Å². The number of rotatable bonds is 12. The Balaban J connectivity index is 1.18. The Morgan fingerprint density at radius 2 is 1.07 bits per heavy atom. The Hall–Kier alpha value is -4.33. The molecule has 42 heavy (non-hydrogen) atoms. The molecule has 2 N–H and O–H groups in total. The van der Waals surface area contributed by atoms with Crippen molar-refractivity contribution in [2.45, 2.75) is 25.0 Å². The van der Waals surface area contributed by atoms with Crippen molar-refractivity contribution in [2.75, 3.05) is 13.1 Å². The van der Waals surface area contributed by atoms with Crippen LogP contribution < -0.4 is 15.2 Å². The first-order chi connectivity index (χ1) is 20.7. The number of hydrogen-bond acceptors (Lipinski definition) is 5. The number of nitrogens with zero attached hydrogens (tertiary/aromatic N) is 1. The van der Waals surface area contributed by atoms with E-state index in [2.05, 4.69) is 59.3 Å². The van der Waals surface area contributed by atoms with Crippen LogP contribution in [0.5, 0.6) is 11.5 Å². The second-order valence-electron chi connectivity index (χ2n) is 10.1. The summed E-state index contributed by atoms with van der Waals surface area (Å²) in [5, 5.41) is 8.50. The monoisotopic (exact) mass is 592 g/mol. The molecule has 0 radical (unpaired) electrons. The van der Waals surface area contributed by atoms with Gasteiger partial charge in [0.25, 0.3) is 0 Å². The molecule has 5 nitrogen and oxygen atoms in total. The SMILES string of the molecule is NC(=O)N(CC[C@H](Oc1cccc2ccccc12)c1cccs1)CC[C@@H](Oc1cccc2ccccc12)c1cccs1. The van der Waals surface area contributed by atoms with Gasteiger partial charge in [0.05, 0.1) is 0 Å². The molecule has 0 saturated carbocycles. The van der Waals surface area contributed by atoms with Crippen LogP contribution in [-0.2, 0) is 0 Å². The van der Waals surface area contributed by atoms with E-state index in [-0.39, 0.29) is 12.2 Å². The van der Waals surface area contributed by atoms with E-state index in [0.717, 1.165) is 42.8 Å². The zero-order chi connectivity index (χ0) is 28.7. The van der Waals surface area contributed by atoms with E-state index in [1.54, 1.807) is 27.6 Å². The molecule has 4 aromatic carbocycles. The fourth-order valence-corrected chi connectivity index (χ4v) is 6.83. The number of nitrogens with two attached hydrogens (primary N) is 1. The summed E-state index contributed by atoms with van der Waals surface area (Å²) < 4.78 is 13.2. The van der Waals surface area contributed by atoms with Crippen LogP contribution in [0.2, 0.25) is 0 Å². The summed E-state index contributed by atoms with van der Waals surface area (Å²) in [5.74, 6) is 1.66. The molecule has 0 aliphatic carbocycles. The van der Waals surface area contributed by atoms with Crippen LogP contribution in [0.4, 0.5) is 4.79 Å². The summed E-state index contributed by atoms with van der Waals surface area (Å²) in [7, 11) is 0. The van der Waals surface area contributed by atoms with Crippen molar-refractivity contribution >= 4 is 50.2 Å². The lowest BCUT2D eigenvalue weighted by Crippen LogP contribution is -2.38. The summed E-state index contributed by atoms with van der Waals surface area (Å²) in [5.41, 5.74) is 5.91. The molecule has 0 bridgehead atoms. The largest absolute Gasteiger partial charge is 0.484 e. The predicted molar refractivity (Wildman–Crippen MR) is 174 cm³/mol. The van der Waals surface area contributed by atoms with Crippen LogP contribution in [0.3, 0.4) is 0 Å². The van der Waals surface area contributed by atoms with E-state index in [1.165, 1.54) is 0 Å². The number of primary amides is 1.